The van der Waals surface area contributed by atoms with Crippen molar-refractivity contribution in [3.05, 3.63) is 46.0 Å². The number of morpholine rings is 1. The highest BCUT2D eigenvalue weighted by Gasteiger charge is 2.21. The van der Waals surface area contributed by atoms with E-state index in [0.717, 1.165) is 39.0 Å². The highest BCUT2D eigenvalue weighted by Crippen LogP contribution is 2.21. The van der Waals surface area contributed by atoms with Crippen LogP contribution < -0.4 is 15.2 Å². The lowest BCUT2D eigenvalue weighted by Crippen LogP contribution is -2.38. The van der Waals surface area contributed by atoms with Gasteiger partial charge in [-0.05, 0) is 31.1 Å². The van der Waals surface area contributed by atoms with Crippen LogP contribution in [0.5, 0.6) is 0 Å². The third-order valence-corrected chi connectivity index (χ3v) is 5.03. The fraction of sp³-hybridized carbons (Fsp3) is 0.400. The number of nitro benzene ring substituents is 1. The van der Waals surface area contributed by atoms with Crippen LogP contribution in [0, 0.1) is 10.1 Å². The van der Waals surface area contributed by atoms with E-state index in [-0.39, 0.29) is 5.69 Å². The smallest absolute Gasteiger partial charge is 0.276 e. The summed E-state index contributed by atoms with van der Waals surface area (Å²) in [5.74, 6) is 1.60. The average molecular weight is 424 g/mol. The van der Waals surface area contributed by atoms with Gasteiger partial charge in [-0.1, -0.05) is 12.1 Å². The summed E-state index contributed by atoms with van der Waals surface area (Å²) >= 11 is 0. The van der Waals surface area contributed by atoms with Gasteiger partial charge in [0.2, 0.25) is 17.8 Å². The molecule has 0 atom stereocenters. The Labute approximate surface area is 179 Å². The molecular formula is C20H24N8O3. The van der Waals surface area contributed by atoms with Crippen molar-refractivity contribution in [3.8, 4) is 0 Å². The molecule has 31 heavy (non-hydrogen) atoms. The third kappa shape index (κ3) is 5.31. The fourth-order valence-electron chi connectivity index (χ4n) is 3.45. The normalized spacial score (nSPS) is 17.0. The van der Waals surface area contributed by atoms with E-state index in [1.165, 1.54) is 12.3 Å². The Kier molecular flexibility index (Phi) is 6.62. The van der Waals surface area contributed by atoms with Crippen LogP contribution in [0.3, 0.4) is 0 Å². The first-order valence-electron chi connectivity index (χ1n) is 10.2. The van der Waals surface area contributed by atoms with Gasteiger partial charge in [-0.15, -0.1) is 0 Å². The maximum absolute atomic E-state index is 11.1. The number of nitrogens with zero attached hydrogens (tertiary/aromatic N) is 7. The molecule has 11 nitrogen and oxygen atoms in total. The van der Waals surface area contributed by atoms with Crippen molar-refractivity contribution in [1.82, 2.24) is 15.0 Å². The molecule has 162 valence electrons. The van der Waals surface area contributed by atoms with Crippen molar-refractivity contribution < 1.29 is 9.66 Å². The van der Waals surface area contributed by atoms with Crippen molar-refractivity contribution in [2.45, 2.75) is 12.8 Å². The van der Waals surface area contributed by atoms with Gasteiger partial charge in [0.25, 0.3) is 5.69 Å². The van der Waals surface area contributed by atoms with Gasteiger partial charge in [0.15, 0.2) is 0 Å². The summed E-state index contributed by atoms with van der Waals surface area (Å²) in [6.45, 7) is 4.58. The monoisotopic (exact) mass is 424 g/mol. The second-order valence-corrected chi connectivity index (χ2v) is 7.12. The van der Waals surface area contributed by atoms with Crippen molar-refractivity contribution in [2.24, 2.45) is 5.10 Å². The Morgan fingerprint density at radius 1 is 1.03 bits per heavy atom. The molecule has 0 radical (unpaired) electrons. The second kappa shape index (κ2) is 9.94. The molecule has 3 heterocycles. The molecule has 2 aliphatic rings. The molecule has 2 saturated heterocycles. The minimum absolute atomic E-state index is 0.0444. The highest BCUT2D eigenvalue weighted by atomic mass is 16.6. The first-order chi connectivity index (χ1) is 15.2. The van der Waals surface area contributed by atoms with Crippen LogP contribution >= 0.6 is 0 Å². The largest absolute Gasteiger partial charge is 0.378 e. The molecule has 1 aromatic carbocycles. The molecule has 0 aliphatic carbocycles. The minimum Gasteiger partial charge on any atom is -0.378 e. The molecule has 4 rings (SSSR count). The second-order valence-electron chi connectivity index (χ2n) is 7.12. The van der Waals surface area contributed by atoms with Crippen LogP contribution in [0.2, 0.25) is 0 Å². The van der Waals surface area contributed by atoms with Crippen molar-refractivity contribution >= 4 is 35.8 Å². The van der Waals surface area contributed by atoms with Gasteiger partial charge in [0.1, 0.15) is 0 Å². The van der Waals surface area contributed by atoms with Gasteiger partial charge in [-0.25, -0.2) is 5.43 Å². The molecule has 11 heteroatoms. The summed E-state index contributed by atoms with van der Waals surface area (Å²) in [4.78, 5) is 28.6. The van der Waals surface area contributed by atoms with Gasteiger partial charge < -0.3 is 14.5 Å². The van der Waals surface area contributed by atoms with E-state index in [9.17, 15) is 10.1 Å². The summed E-state index contributed by atoms with van der Waals surface area (Å²) in [5.41, 5.74) is 3.40. The average Bonchev–Trinajstić information content (AvgIpc) is 3.35. The van der Waals surface area contributed by atoms with Crippen LogP contribution in [0.4, 0.5) is 23.5 Å². The van der Waals surface area contributed by atoms with Gasteiger partial charge in [0, 0.05) is 38.5 Å². The Morgan fingerprint density at radius 2 is 1.71 bits per heavy atom. The number of anilines is 3. The SMILES string of the molecule is O=[N+]([O-])c1ccccc1/C=C\C=NNc1nc(N2CCCC2)nc(N2CCOCC2)n1. The quantitative estimate of drug-likeness (QED) is 0.405. The lowest BCUT2D eigenvalue weighted by atomic mass is 10.2. The van der Waals surface area contributed by atoms with E-state index in [1.54, 1.807) is 30.4 Å². The van der Waals surface area contributed by atoms with Crippen molar-refractivity contribution in [2.75, 3.05) is 54.6 Å². The highest BCUT2D eigenvalue weighted by molar-refractivity contribution is 5.80. The zero-order valence-electron chi connectivity index (χ0n) is 17.1. The number of ether oxygens (including phenoxy) is 1. The zero-order chi connectivity index (χ0) is 21.5. The van der Waals surface area contributed by atoms with Crippen LogP contribution in [-0.4, -0.2) is 65.5 Å². The number of rotatable bonds is 7. The topological polar surface area (TPSA) is 122 Å². The lowest BCUT2D eigenvalue weighted by molar-refractivity contribution is -0.385. The Morgan fingerprint density at radius 3 is 2.42 bits per heavy atom. The van der Waals surface area contributed by atoms with Crippen LogP contribution in [-0.2, 0) is 4.74 Å². The van der Waals surface area contributed by atoms with Crippen LogP contribution in [0.25, 0.3) is 6.08 Å². The number of benzene rings is 1. The molecule has 1 aromatic heterocycles. The number of aromatic nitrogens is 3. The van der Waals surface area contributed by atoms with E-state index in [2.05, 4.69) is 35.3 Å². The molecule has 0 amide bonds. The van der Waals surface area contributed by atoms with E-state index in [4.69, 9.17) is 4.74 Å². The summed E-state index contributed by atoms with van der Waals surface area (Å²) in [6, 6.07) is 6.53. The van der Waals surface area contributed by atoms with Gasteiger partial charge in [-0.2, -0.15) is 20.1 Å². The summed E-state index contributed by atoms with van der Waals surface area (Å²) in [5, 5.41) is 15.2. The molecule has 0 bridgehead atoms. The molecule has 0 saturated carbocycles. The molecule has 2 aliphatic heterocycles. The minimum atomic E-state index is -0.410. The molecule has 0 unspecified atom stereocenters. The summed E-state index contributed by atoms with van der Waals surface area (Å²) in [6.07, 6.45) is 7.00. The predicted octanol–water partition coefficient (Wildman–Crippen LogP) is 2.33. The molecule has 2 aromatic rings. The number of hydrazone groups is 1. The number of hydrogen-bond acceptors (Lipinski definition) is 10. The predicted molar refractivity (Wildman–Crippen MR) is 119 cm³/mol. The molecular weight excluding hydrogens is 400 g/mol. The van der Waals surface area contributed by atoms with Crippen molar-refractivity contribution in [3.63, 3.8) is 0 Å². The van der Waals surface area contributed by atoms with E-state index in [0.29, 0.717) is 36.6 Å². The Balaban J connectivity index is 1.48. The Hall–Kier alpha value is -3.60. The lowest BCUT2D eigenvalue weighted by Gasteiger charge is -2.27. The van der Waals surface area contributed by atoms with E-state index >= 15 is 0 Å². The van der Waals surface area contributed by atoms with Crippen LogP contribution in [0.1, 0.15) is 18.4 Å². The fourth-order valence-corrected chi connectivity index (χ4v) is 3.45. The van der Waals surface area contributed by atoms with Crippen LogP contribution in [0.15, 0.2) is 35.4 Å². The van der Waals surface area contributed by atoms with E-state index < -0.39 is 4.92 Å². The number of nitro groups is 1. The first kappa shape index (κ1) is 20.7. The molecule has 2 fully saturated rings. The van der Waals surface area contributed by atoms with Crippen molar-refractivity contribution in [1.29, 1.82) is 0 Å². The third-order valence-electron chi connectivity index (χ3n) is 5.03. The molecule has 0 spiro atoms. The summed E-state index contributed by atoms with van der Waals surface area (Å²) in [7, 11) is 0. The summed E-state index contributed by atoms with van der Waals surface area (Å²) < 4.78 is 5.42. The van der Waals surface area contributed by atoms with Gasteiger partial charge in [0.05, 0.1) is 23.7 Å². The zero-order valence-corrected chi connectivity index (χ0v) is 17.1. The number of allylic oxidation sites excluding steroid dienone is 1. The van der Waals surface area contributed by atoms with Gasteiger partial charge >= 0.3 is 0 Å². The first-order valence-corrected chi connectivity index (χ1v) is 10.2. The maximum Gasteiger partial charge on any atom is 0.276 e. The molecule has 1 N–H and O–H groups in total. The number of nitrogens with one attached hydrogen (secondary N) is 1. The Bertz CT molecular complexity index is 969. The maximum atomic E-state index is 11.1. The standard InChI is InChI=1S/C20H24N8O3/c29-28(30)17-8-2-1-6-16(17)7-5-9-21-25-18-22-19(26-10-3-4-11-26)24-20(23-18)27-12-14-31-15-13-27/h1-2,5-9H,3-4,10-15H2,(H,22,23,24,25)/b7-5-,21-9?. The van der Waals surface area contributed by atoms with E-state index in [1.807, 2.05) is 0 Å². The van der Waals surface area contributed by atoms with Gasteiger partial charge in [-0.3, -0.25) is 10.1 Å². The number of hydrogen-bond donors (Lipinski definition) is 1. The number of para-hydroxylation sites is 1.